The van der Waals surface area contributed by atoms with Crippen LogP contribution in [0.4, 0.5) is 0 Å². The van der Waals surface area contributed by atoms with Crippen LogP contribution >= 0.6 is 0 Å². The highest BCUT2D eigenvalue weighted by Gasteiger charge is 2.27. The van der Waals surface area contributed by atoms with Crippen LogP contribution in [0.5, 0.6) is 0 Å². The second-order valence-corrected chi connectivity index (χ2v) is 6.24. The summed E-state index contributed by atoms with van der Waals surface area (Å²) < 4.78 is 0. The first kappa shape index (κ1) is 17.0. The van der Waals surface area contributed by atoms with Crippen molar-refractivity contribution in [3.05, 3.63) is 0 Å². The molecule has 0 radical (unpaired) electrons. The van der Waals surface area contributed by atoms with E-state index in [2.05, 4.69) is 18.7 Å². The Morgan fingerprint density at radius 2 is 1.63 bits per heavy atom. The lowest BCUT2D eigenvalue weighted by molar-refractivity contribution is 0.110. The Balaban J connectivity index is 2.23. The van der Waals surface area contributed by atoms with E-state index < -0.39 is 0 Å². The average molecular weight is 268 g/mol. The molecule has 2 atom stereocenters. The molecule has 1 rings (SSSR count). The van der Waals surface area contributed by atoms with Crippen LogP contribution in [0.3, 0.4) is 0 Å². The van der Waals surface area contributed by atoms with Gasteiger partial charge in [0.2, 0.25) is 0 Å². The van der Waals surface area contributed by atoms with Gasteiger partial charge in [0.25, 0.3) is 0 Å². The number of nitrogens with zero attached hydrogens (tertiary/aromatic N) is 1. The molecule has 0 aromatic rings. The summed E-state index contributed by atoms with van der Waals surface area (Å²) in [6.45, 7) is 7.99. The zero-order valence-corrected chi connectivity index (χ0v) is 13.4. The van der Waals surface area contributed by atoms with Crippen molar-refractivity contribution < 1.29 is 0 Å². The standard InChI is InChI=1S/C17H36N2/c1-3-5-6-7-8-11-14-19(4-2)17-13-10-9-12-16(17)15-18/h16-17H,3-15,18H2,1-2H3. The lowest BCUT2D eigenvalue weighted by Gasteiger charge is -2.39. The molecule has 0 spiro atoms. The second kappa shape index (κ2) is 10.7. The van der Waals surface area contributed by atoms with Crippen molar-refractivity contribution in [1.82, 2.24) is 4.90 Å². The first-order valence-corrected chi connectivity index (χ1v) is 8.77. The predicted octanol–water partition coefficient (Wildman–Crippen LogP) is 4.19. The first-order chi connectivity index (χ1) is 9.33. The zero-order valence-electron chi connectivity index (χ0n) is 13.4. The maximum Gasteiger partial charge on any atom is 0.0135 e. The lowest BCUT2D eigenvalue weighted by atomic mass is 9.83. The molecule has 114 valence electrons. The van der Waals surface area contributed by atoms with E-state index in [4.69, 9.17) is 5.73 Å². The van der Waals surface area contributed by atoms with Crippen molar-refractivity contribution in [3.63, 3.8) is 0 Å². The third kappa shape index (κ3) is 6.27. The van der Waals surface area contributed by atoms with Gasteiger partial charge in [-0.25, -0.2) is 0 Å². The van der Waals surface area contributed by atoms with Crippen molar-refractivity contribution in [3.8, 4) is 0 Å². The van der Waals surface area contributed by atoms with Crippen LogP contribution in [0.25, 0.3) is 0 Å². The number of hydrogen-bond donors (Lipinski definition) is 1. The molecule has 2 unspecified atom stereocenters. The van der Waals surface area contributed by atoms with Crippen LogP contribution in [0.1, 0.15) is 78.1 Å². The largest absolute Gasteiger partial charge is 0.330 e. The third-order valence-corrected chi connectivity index (χ3v) is 4.85. The minimum Gasteiger partial charge on any atom is -0.330 e. The van der Waals surface area contributed by atoms with Crippen molar-refractivity contribution in [2.45, 2.75) is 84.1 Å². The van der Waals surface area contributed by atoms with Crippen molar-refractivity contribution in [2.75, 3.05) is 19.6 Å². The van der Waals surface area contributed by atoms with Gasteiger partial charge in [-0.1, -0.05) is 58.8 Å². The molecule has 19 heavy (non-hydrogen) atoms. The fraction of sp³-hybridized carbons (Fsp3) is 1.00. The monoisotopic (exact) mass is 268 g/mol. The Morgan fingerprint density at radius 3 is 2.32 bits per heavy atom. The molecule has 1 fully saturated rings. The molecular formula is C17H36N2. The van der Waals surface area contributed by atoms with Gasteiger partial charge in [0, 0.05) is 6.04 Å². The van der Waals surface area contributed by atoms with Gasteiger partial charge in [0.05, 0.1) is 0 Å². The summed E-state index contributed by atoms with van der Waals surface area (Å²) >= 11 is 0. The van der Waals surface area contributed by atoms with Crippen LogP contribution in [0.2, 0.25) is 0 Å². The Hall–Kier alpha value is -0.0800. The Kier molecular flexibility index (Phi) is 9.54. The molecule has 2 N–H and O–H groups in total. The molecular weight excluding hydrogens is 232 g/mol. The summed E-state index contributed by atoms with van der Waals surface area (Å²) in [5.74, 6) is 0.758. The van der Waals surface area contributed by atoms with Gasteiger partial charge in [-0.05, 0) is 44.8 Å². The highest BCUT2D eigenvalue weighted by Crippen LogP contribution is 2.28. The van der Waals surface area contributed by atoms with Gasteiger partial charge >= 0.3 is 0 Å². The molecule has 1 aliphatic carbocycles. The van der Waals surface area contributed by atoms with Crippen LogP contribution in [0, 0.1) is 5.92 Å². The Bertz CT molecular complexity index is 205. The Labute approximate surface area is 121 Å². The second-order valence-electron chi connectivity index (χ2n) is 6.24. The molecule has 0 amide bonds. The summed E-state index contributed by atoms with van der Waals surface area (Å²) in [4.78, 5) is 2.72. The molecule has 1 saturated carbocycles. The molecule has 0 aliphatic heterocycles. The maximum absolute atomic E-state index is 5.97. The summed E-state index contributed by atoms with van der Waals surface area (Å²) in [5.41, 5.74) is 5.97. The minimum atomic E-state index is 0.758. The minimum absolute atomic E-state index is 0.758. The third-order valence-electron chi connectivity index (χ3n) is 4.85. The van der Waals surface area contributed by atoms with E-state index in [1.165, 1.54) is 77.3 Å². The smallest absolute Gasteiger partial charge is 0.0135 e. The molecule has 1 aliphatic rings. The van der Waals surface area contributed by atoms with Crippen molar-refractivity contribution in [1.29, 1.82) is 0 Å². The van der Waals surface area contributed by atoms with E-state index in [0.29, 0.717) is 0 Å². The van der Waals surface area contributed by atoms with Crippen LogP contribution < -0.4 is 5.73 Å². The Morgan fingerprint density at radius 1 is 0.947 bits per heavy atom. The normalized spacial score (nSPS) is 24.0. The van der Waals surface area contributed by atoms with E-state index in [9.17, 15) is 0 Å². The van der Waals surface area contributed by atoms with Crippen LogP contribution in [-0.4, -0.2) is 30.6 Å². The van der Waals surface area contributed by atoms with Gasteiger partial charge in [-0.3, -0.25) is 0 Å². The number of unbranched alkanes of at least 4 members (excludes halogenated alkanes) is 5. The summed E-state index contributed by atoms with van der Waals surface area (Å²) in [6.07, 6.45) is 14.0. The highest BCUT2D eigenvalue weighted by atomic mass is 15.2. The maximum atomic E-state index is 5.97. The van der Waals surface area contributed by atoms with E-state index in [1.54, 1.807) is 0 Å². The summed E-state index contributed by atoms with van der Waals surface area (Å²) in [5, 5.41) is 0. The predicted molar refractivity (Wildman–Crippen MR) is 85.4 cm³/mol. The van der Waals surface area contributed by atoms with Crippen LogP contribution in [0.15, 0.2) is 0 Å². The van der Waals surface area contributed by atoms with E-state index in [0.717, 1.165) is 18.5 Å². The fourth-order valence-electron chi connectivity index (χ4n) is 3.60. The van der Waals surface area contributed by atoms with E-state index in [1.807, 2.05) is 0 Å². The molecule has 2 nitrogen and oxygen atoms in total. The number of hydrogen-bond acceptors (Lipinski definition) is 2. The average Bonchev–Trinajstić information content (AvgIpc) is 2.47. The molecule has 0 aromatic carbocycles. The molecule has 0 aromatic heterocycles. The first-order valence-electron chi connectivity index (χ1n) is 8.77. The SMILES string of the molecule is CCCCCCCCN(CC)C1CCCCC1CN. The van der Waals surface area contributed by atoms with Gasteiger partial charge in [0.1, 0.15) is 0 Å². The molecule has 2 heteroatoms. The van der Waals surface area contributed by atoms with E-state index in [-0.39, 0.29) is 0 Å². The number of rotatable bonds is 10. The summed E-state index contributed by atoms with van der Waals surface area (Å²) in [6, 6.07) is 0.777. The fourth-order valence-corrected chi connectivity index (χ4v) is 3.60. The van der Waals surface area contributed by atoms with Crippen molar-refractivity contribution in [2.24, 2.45) is 11.7 Å². The quantitative estimate of drug-likeness (QED) is 0.602. The highest BCUT2D eigenvalue weighted by molar-refractivity contribution is 4.83. The van der Waals surface area contributed by atoms with Gasteiger partial charge < -0.3 is 10.6 Å². The lowest BCUT2D eigenvalue weighted by Crippen LogP contribution is -2.45. The van der Waals surface area contributed by atoms with Gasteiger partial charge in [-0.2, -0.15) is 0 Å². The van der Waals surface area contributed by atoms with Crippen LogP contribution in [-0.2, 0) is 0 Å². The zero-order chi connectivity index (χ0) is 13.9. The molecule has 0 heterocycles. The molecule has 0 bridgehead atoms. The summed E-state index contributed by atoms with van der Waals surface area (Å²) in [7, 11) is 0. The van der Waals surface area contributed by atoms with E-state index >= 15 is 0 Å². The topological polar surface area (TPSA) is 29.3 Å². The van der Waals surface area contributed by atoms with Gasteiger partial charge in [0.15, 0.2) is 0 Å². The van der Waals surface area contributed by atoms with Gasteiger partial charge in [-0.15, -0.1) is 0 Å². The number of nitrogens with two attached hydrogens (primary N) is 1. The molecule has 0 saturated heterocycles. The van der Waals surface area contributed by atoms with Crippen molar-refractivity contribution >= 4 is 0 Å².